The number of nitrogen functional groups attached to an aromatic ring is 1. The van der Waals surface area contributed by atoms with Gasteiger partial charge in [0.15, 0.2) is 0 Å². The number of carbonyl (C=O) groups is 1. The van der Waals surface area contributed by atoms with Crippen LogP contribution in [0.25, 0.3) is 0 Å². The first kappa shape index (κ1) is 15.5. The van der Waals surface area contributed by atoms with E-state index in [1.165, 1.54) is 0 Å². The van der Waals surface area contributed by atoms with Gasteiger partial charge in [-0.15, -0.1) is 0 Å². The Balaban J connectivity index is 2.11. The minimum atomic E-state index is -0.343. The van der Waals surface area contributed by atoms with Gasteiger partial charge >= 0.3 is 0 Å². The summed E-state index contributed by atoms with van der Waals surface area (Å²) >= 11 is 0. The molecule has 21 heavy (non-hydrogen) atoms. The number of nitrogens with zero attached hydrogens (tertiary/aromatic N) is 1. The van der Waals surface area contributed by atoms with Crippen LogP contribution in [0.5, 0.6) is 5.75 Å². The summed E-state index contributed by atoms with van der Waals surface area (Å²) in [6.07, 6.45) is 2.08. The van der Waals surface area contributed by atoms with E-state index in [0.717, 1.165) is 30.8 Å². The monoisotopic (exact) mass is 291 g/mol. The lowest BCUT2D eigenvalue weighted by Crippen LogP contribution is -2.50. The third-order valence-electron chi connectivity index (χ3n) is 3.47. The number of amides is 1. The van der Waals surface area contributed by atoms with Gasteiger partial charge in [0, 0.05) is 18.3 Å². The second-order valence-corrected chi connectivity index (χ2v) is 6.15. The van der Waals surface area contributed by atoms with E-state index < -0.39 is 0 Å². The molecule has 0 aromatic heterocycles. The maximum atomic E-state index is 12.1. The van der Waals surface area contributed by atoms with Crippen molar-refractivity contribution in [2.75, 3.05) is 30.3 Å². The van der Waals surface area contributed by atoms with E-state index in [9.17, 15) is 4.79 Å². The number of rotatable bonds is 5. The highest BCUT2D eigenvalue weighted by Gasteiger charge is 2.32. The van der Waals surface area contributed by atoms with Crippen molar-refractivity contribution in [2.24, 2.45) is 0 Å². The summed E-state index contributed by atoms with van der Waals surface area (Å²) in [7, 11) is 0. The molecule has 2 rings (SSSR count). The number of ether oxygens (including phenoxy) is 1. The first-order valence-electron chi connectivity index (χ1n) is 7.51. The summed E-state index contributed by atoms with van der Waals surface area (Å²) in [5.41, 5.74) is 7.07. The van der Waals surface area contributed by atoms with Gasteiger partial charge in [-0.25, -0.2) is 0 Å². The molecule has 1 aliphatic rings. The minimum absolute atomic E-state index is 0.0453. The van der Waals surface area contributed by atoms with Gasteiger partial charge in [0.1, 0.15) is 11.4 Å². The first-order chi connectivity index (χ1) is 9.91. The standard InChI is InChI=1S/C16H25N3O2/c1-4-5-8-18-15(20)10-19-11-16(2,3)21-14-9-12(17)6-7-13(14)19/h6-7,9H,4-5,8,10-11,17H2,1-3H3,(H,18,20). The normalized spacial score (nSPS) is 16.0. The topological polar surface area (TPSA) is 67.6 Å². The molecule has 0 bridgehead atoms. The van der Waals surface area contributed by atoms with Gasteiger partial charge in [-0.2, -0.15) is 0 Å². The Morgan fingerprint density at radius 2 is 2.24 bits per heavy atom. The summed E-state index contributed by atoms with van der Waals surface area (Å²) in [6.45, 7) is 7.88. The number of fused-ring (bicyclic) bond motifs is 1. The lowest BCUT2D eigenvalue weighted by molar-refractivity contribution is -0.119. The second-order valence-electron chi connectivity index (χ2n) is 6.15. The van der Waals surface area contributed by atoms with Crippen molar-refractivity contribution in [3.63, 3.8) is 0 Å². The molecule has 0 saturated heterocycles. The van der Waals surface area contributed by atoms with E-state index in [0.29, 0.717) is 18.8 Å². The summed E-state index contributed by atoms with van der Waals surface area (Å²) in [6, 6.07) is 5.57. The molecule has 0 aliphatic carbocycles. The molecule has 3 N–H and O–H groups in total. The summed E-state index contributed by atoms with van der Waals surface area (Å²) in [5, 5.41) is 2.95. The van der Waals surface area contributed by atoms with E-state index >= 15 is 0 Å². The number of anilines is 2. The van der Waals surface area contributed by atoms with Crippen LogP contribution >= 0.6 is 0 Å². The van der Waals surface area contributed by atoms with Gasteiger partial charge in [0.05, 0.1) is 18.8 Å². The zero-order chi connectivity index (χ0) is 15.5. The highest BCUT2D eigenvalue weighted by molar-refractivity contribution is 5.82. The summed E-state index contributed by atoms with van der Waals surface area (Å²) < 4.78 is 5.96. The van der Waals surface area contributed by atoms with Gasteiger partial charge in [-0.1, -0.05) is 13.3 Å². The number of nitrogens with one attached hydrogen (secondary N) is 1. The number of nitrogens with two attached hydrogens (primary N) is 1. The number of hydrogen-bond acceptors (Lipinski definition) is 4. The molecule has 5 heteroatoms. The minimum Gasteiger partial charge on any atom is -0.484 e. The SMILES string of the molecule is CCCCNC(=O)CN1CC(C)(C)Oc2cc(N)ccc21. The van der Waals surface area contributed by atoms with Crippen molar-refractivity contribution in [1.82, 2.24) is 5.32 Å². The highest BCUT2D eigenvalue weighted by atomic mass is 16.5. The molecule has 1 amide bonds. The Kier molecular flexibility index (Phi) is 4.60. The summed E-state index contributed by atoms with van der Waals surface area (Å²) in [5.74, 6) is 0.788. The average molecular weight is 291 g/mol. The molecule has 0 radical (unpaired) electrons. The number of unbranched alkanes of at least 4 members (excludes halogenated alkanes) is 1. The fourth-order valence-corrected chi connectivity index (χ4v) is 2.52. The van der Waals surface area contributed by atoms with Crippen molar-refractivity contribution in [3.05, 3.63) is 18.2 Å². The smallest absolute Gasteiger partial charge is 0.239 e. The van der Waals surface area contributed by atoms with Gasteiger partial charge in [0.2, 0.25) is 5.91 Å². The molecule has 1 aromatic rings. The van der Waals surface area contributed by atoms with Crippen LogP contribution in [-0.4, -0.2) is 31.1 Å². The Hall–Kier alpha value is -1.91. The van der Waals surface area contributed by atoms with Crippen molar-refractivity contribution in [2.45, 2.75) is 39.2 Å². The molecular formula is C16H25N3O2. The molecule has 5 nitrogen and oxygen atoms in total. The van der Waals surface area contributed by atoms with E-state index in [1.807, 2.05) is 32.0 Å². The largest absolute Gasteiger partial charge is 0.484 e. The molecule has 0 atom stereocenters. The molecule has 1 aliphatic heterocycles. The third kappa shape index (κ3) is 4.03. The van der Waals surface area contributed by atoms with E-state index in [4.69, 9.17) is 10.5 Å². The molecule has 0 spiro atoms. The maximum absolute atomic E-state index is 12.1. The molecule has 1 heterocycles. The Morgan fingerprint density at radius 3 is 2.95 bits per heavy atom. The average Bonchev–Trinajstić information content (AvgIpc) is 2.37. The van der Waals surface area contributed by atoms with Crippen molar-refractivity contribution in [3.8, 4) is 5.75 Å². The van der Waals surface area contributed by atoms with Crippen molar-refractivity contribution in [1.29, 1.82) is 0 Å². The number of carbonyl (C=O) groups excluding carboxylic acids is 1. The predicted molar refractivity (Wildman–Crippen MR) is 85.7 cm³/mol. The number of benzene rings is 1. The fraction of sp³-hybridized carbons (Fsp3) is 0.562. The Morgan fingerprint density at radius 1 is 1.48 bits per heavy atom. The van der Waals surface area contributed by atoms with Crippen LogP contribution in [0.3, 0.4) is 0 Å². The van der Waals surface area contributed by atoms with Crippen LogP contribution in [0.15, 0.2) is 18.2 Å². The zero-order valence-corrected chi connectivity index (χ0v) is 13.1. The van der Waals surface area contributed by atoms with Gasteiger partial charge in [-0.05, 0) is 32.4 Å². The van der Waals surface area contributed by atoms with Crippen LogP contribution < -0.4 is 20.7 Å². The molecule has 116 valence electrons. The quantitative estimate of drug-likeness (QED) is 0.644. The lowest BCUT2D eigenvalue weighted by Gasteiger charge is -2.40. The highest BCUT2D eigenvalue weighted by Crippen LogP contribution is 2.37. The van der Waals surface area contributed by atoms with Crippen LogP contribution in [0.1, 0.15) is 33.6 Å². The zero-order valence-electron chi connectivity index (χ0n) is 13.1. The van der Waals surface area contributed by atoms with Crippen LogP contribution in [0.2, 0.25) is 0 Å². The summed E-state index contributed by atoms with van der Waals surface area (Å²) in [4.78, 5) is 14.1. The molecule has 0 fully saturated rings. The molecule has 1 aromatic carbocycles. The van der Waals surface area contributed by atoms with Crippen molar-refractivity contribution >= 4 is 17.3 Å². The van der Waals surface area contributed by atoms with Gasteiger partial charge < -0.3 is 20.7 Å². The van der Waals surface area contributed by atoms with Crippen LogP contribution in [-0.2, 0) is 4.79 Å². The van der Waals surface area contributed by atoms with Gasteiger partial charge in [0.25, 0.3) is 0 Å². The van der Waals surface area contributed by atoms with E-state index in [-0.39, 0.29) is 11.5 Å². The van der Waals surface area contributed by atoms with Crippen LogP contribution in [0.4, 0.5) is 11.4 Å². The molecule has 0 saturated carbocycles. The van der Waals surface area contributed by atoms with E-state index in [2.05, 4.69) is 17.1 Å². The second kappa shape index (κ2) is 6.24. The number of hydrogen-bond donors (Lipinski definition) is 2. The fourth-order valence-electron chi connectivity index (χ4n) is 2.52. The first-order valence-corrected chi connectivity index (χ1v) is 7.51. The Labute approximate surface area is 126 Å². The van der Waals surface area contributed by atoms with Crippen molar-refractivity contribution < 1.29 is 9.53 Å². The molecular weight excluding hydrogens is 266 g/mol. The van der Waals surface area contributed by atoms with Crippen LogP contribution in [0, 0.1) is 0 Å². The third-order valence-corrected chi connectivity index (χ3v) is 3.47. The lowest BCUT2D eigenvalue weighted by atomic mass is 10.0. The van der Waals surface area contributed by atoms with E-state index in [1.54, 1.807) is 0 Å². The maximum Gasteiger partial charge on any atom is 0.239 e. The molecule has 0 unspecified atom stereocenters. The van der Waals surface area contributed by atoms with Gasteiger partial charge in [-0.3, -0.25) is 4.79 Å². The predicted octanol–water partition coefficient (Wildman–Crippen LogP) is 2.16. The Bertz CT molecular complexity index is 514.